The summed E-state index contributed by atoms with van der Waals surface area (Å²) < 4.78 is 33.6. The number of carbonyl (C=O) groups excluding carboxylic acids is 2. The van der Waals surface area contributed by atoms with Gasteiger partial charge in [-0.3, -0.25) is 14.2 Å². The van der Waals surface area contributed by atoms with Crippen molar-refractivity contribution in [3.63, 3.8) is 0 Å². The summed E-state index contributed by atoms with van der Waals surface area (Å²) in [5.41, 5.74) is 0. The average Bonchev–Trinajstić information content (AvgIpc) is 3.17. The van der Waals surface area contributed by atoms with Gasteiger partial charge in [0.15, 0.2) is 6.10 Å². The van der Waals surface area contributed by atoms with Crippen LogP contribution in [0.4, 0.5) is 0 Å². The summed E-state index contributed by atoms with van der Waals surface area (Å²) in [7, 11) is 0.943. The predicted molar refractivity (Wildman–Crippen MR) is 234 cm³/mol. The van der Waals surface area contributed by atoms with E-state index in [1.807, 2.05) is 39.4 Å². The van der Waals surface area contributed by atoms with E-state index in [0.717, 1.165) is 64.2 Å². The number of esters is 2. The van der Waals surface area contributed by atoms with Crippen LogP contribution in [0.5, 0.6) is 0 Å². The fourth-order valence-electron chi connectivity index (χ4n) is 4.91. The number of aliphatic hydroxyl groups excluding tert-OH is 2. The van der Waals surface area contributed by atoms with Gasteiger partial charge in [0.05, 0.1) is 40.0 Å². The van der Waals surface area contributed by atoms with Gasteiger partial charge in [-0.1, -0.05) is 111 Å². The zero-order chi connectivity index (χ0) is 43.2. The molecule has 0 saturated carbocycles. The van der Waals surface area contributed by atoms with E-state index in [1.54, 1.807) is 0 Å². The first-order chi connectivity index (χ1) is 27.8. The molecule has 0 aliphatic carbocycles. The molecule has 58 heavy (non-hydrogen) atoms. The van der Waals surface area contributed by atoms with Crippen LogP contribution in [0.3, 0.4) is 0 Å². The van der Waals surface area contributed by atoms with Crippen LogP contribution in [0, 0.1) is 0 Å². The molecule has 0 aliphatic heterocycles. The largest absolute Gasteiger partial charge is 0.756 e. The van der Waals surface area contributed by atoms with Gasteiger partial charge < -0.3 is 38.1 Å². The number of phosphoric ester groups is 1. The molecule has 0 bridgehead atoms. The quantitative estimate of drug-likeness (QED) is 0.0206. The Bertz CT molecular complexity index is 1340. The lowest BCUT2D eigenvalue weighted by Gasteiger charge is -2.28. The number of rotatable bonds is 36. The van der Waals surface area contributed by atoms with Crippen molar-refractivity contribution in [2.24, 2.45) is 0 Å². The summed E-state index contributed by atoms with van der Waals surface area (Å²) in [5, 5.41) is 20.8. The Labute approximate surface area is 350 Å². The third kappa shape index (κ3) is 38.4. The molecule has 0 aromatic carbocycles. The number of phosphoric acid groups is 1. The van der Waals surface area contributed by atoms with E-state index in [1.165, 1.54) is 0 Å². The van der Waals surface area contributed by atoms with Gasteiger partial charge >= 0.3 is 11.9 Å². The summed E-state index contributed by atoms with van der Waals surface area (Å²) in [6.07, 6.45) is 40.5. The molecular weight excluding hydrogens is 757 g/mol. The highest BCUT2D eigenvalue weighted by Crippen LogP contribution is 2.38. The first kappa shape index (κ1) is 54.9. The second-order valence-electron chi connectivity index (χ2n) is 14.9. The fraction of sp³-hybridized carbons (Fsp3) is 0.609. The van der Waals surface area contributed by atoms with Gasteiger partial charge in [0.25, 0.3) is 7.82 Å². The minimum absolute atomic E-state index is 0.0961. The van der Waals surface area contributed by atoms with Crippen LogP contribution < -0.4 is 4.89 Å². The standard InChI is InChI=1S/C46H76NO10P/c1-6-8-10-12-14-16-18-20-21-22-24-26-28-30-32-36-45(50)54-40-42(41-56-58(52,53)55-39-38-47(3,4)5)57-46(51)37-33-35-44(49)43(48)34-31-29-27-25-23-19-17-15-13-11-9-7-2/h8-11,14-17,20-21,23-26,29,31,42-44,48-49H,6-7,12-13,18-19,22,27-28,30,32-41H2,1-5H3/b10-8-,11-9-,16-14-,17-15-,21-20-,25-23-,26-24-,31-29-/t42-,43-,44-/m1/s1. The summed E-state index contributed by atoms with van der Waals surface area (Å²) in [6.45, 7) is 3.56. The molecule has 0 aliphatic rings. The molecule has 0 fully saturated rings. The molecule has 330 valence electrons. The van der Waals surface area contributed by atoms with Gasteiger partial charge in [0, 0.05) is 12.8 Å². The van der Waals surface area contributed by atoms with Crippen molar-refractivity contribution in [3.05, 3.63) is 97.2 Å². The van der Waals surface area contributed by atoms with Crippen molar-refractivity contribution in [1.82, 2.24) is 0 Å². The number of likely N-dealkylation sites (N-methyl/N-ethyl adjacent to an activating group) is 1. The highest BCUT2D eigenvalue weighted by molar-refractivity contribution is 7.45. The van der Waals surface area contributed by atoms with Crippen molar-refractivity contribution >= 4 is 19.8 Å². The zero-order valence-corrected chi connectivity index (χ0v) is 37.1. The van der Waals surface area contributed by atoms with Crippen molar-refractivity contribution < 1.29 is 52.3 Å². The molecule has 11 nitrogen and oxygen atoms in total. The van der Waals surface area contributed by atoms with Crippen LogP contribution >= 0.6 is 7.82 Å². The first-order valence-electron chi connectivity index (χ1n) is 21.1. The second-order valence-corrected chi connectivity index (χ2v) is 16.3. The third-order valence-electron chi connectivity index (χ3n) is 8.30. The monoisotopic (exact) mass is 834 g/mol. The van der Waals surface area contributed by atoms with Crippen LogP contribution in [0.25, 0.3) is 0 Å². The average molecular weight is 834 g/mol. The maximum atomic E-state index is 12.7. The van der Waals surface area contributed by atoms with E-state index in [-0.39, 0.29) is 38.7 Å². The highest BCUT2D eigenvalue weighted by Gasteiger charge is 2.22. The Hall–Kier alpha value is -3.15. The molecule has 0 radical (unpaired) electrons. The second kappa shape index (κ2) is 36.9. The van der Waals surface area contributed by atoms with Crippen LogP contribution in [0.1, 0.15) is 117 Å². The number of hydrogen-bond donors (Lipinski definition) is 2. The van der Waals surface area contributed by atoms with Gasteiger partial charge in [-0.2, -0.15) is 0 Å². The number of nitrogens with zero attached hydrogens (tertiary/aromatic N) is 1. The topological polar surface area (TPSA) is 152 Å². The normalized spacial score (nSPS) is 15.7. The van der Waals surface area contributed by atoms with Gasteiger partial charge in [-0.05, 0) is 89.9 Å². The Morgan fingerprint density at radius 1 is 0.621 bits per heavy atom. The van der Waals surface area contributed by atoms with Crippen LogP contribution in [0.15, 0.2) is 97.2 Å². The molecule has 0 aromatic rings. The first-order valence-corrected chi connectivity index (χ1v) is 22.6. The Morgan fingerprint density at radius 3 is 1.62 bits per heavy atom. The number of quaternary nitrogens is 1. The molecule has 0 rings (SSSR count). The lowest BCUT2D eigenvalue weighted by atomic mass is 10.0. The fourth-order valence-corrected chi connectivity index (χ4v) is 5.64. The van der Waals surface area contributed by atoms with Crippen LogP contribution in [-0.4, -0.2) is 92.5 Å². The number of hydrogen-bond acceptors (Lipinski definition) is 10. The van der Waals surface area contributed by atoms with E-state index >= 15 is 0 Å². The molecule has 4 atom stereocenters. The molecule has 0 saturated heterocycles. The zero-order valence-electron chi connectivity index (χ0n) is 36.2. The van der Waals surface area contributed by atoms with Crippen LogP contribution in [0.2, 0.25) is 0 Å². The van der Waals surface area contributed by atoms with E-state index in [9.17, 15) is 29.3 Å². The van der Waals surface area contributed by atoms with Crippen molar-refractivity contribution in [1.29, 1.82) is 0 Å². The van der Waals surface area contributed by atoms with E-state index in [0.29, 0.717) is 17.4 Å². The molecule has 12 heteroatoms. The molecule has 0 amide bonds. The van der Waals surface area contributed by atoms with Gasteiger partial charge in [0.2, 0.25) is 0 Å². The maximum absolute atomic E-state index is 12.7. The minimum Gasteiger partial charge on any atom is -0.756 e. The molecule has 2 N–H and O–H groups in total. The smallest absolute Gasteiger partial charge is 0.306 e. The number of allylic oxidation sites excluding steroid dienone is 15. The minimum atomic E-state index is -4.72. The summed E-state index contributed by atoms with van der Waals surface area (Å²) in [6, 6.07) is 0. The summed E-state index contributed by atoms with van der Waals surface area (Å²) in [4.78, 5) is 37.5. The third-order valence-corrected chi connectivity index (χ3v) is 9.26. The number of aliphatic hydroxyl groups is 2. The predicted octanol–water partition coefficient (Wildman–Crippen LogP) is 9.10. The number of unbranched alkanes of at least 4 members (excludes halogenated alkanes) is 2. The molecule has 0 spiro atoms. The van der Waals surface area contributed by atoms with Crippen molar-refractivity contribution in [2.45, 2.75) is 135 Å². The van der Waals surface area contributed by atoms with Crippen molar-refractivity contribution in [2.75, 3.05) is 47.5 Å². The SMILES string of the molecule is CC/C=C\C/C=C\C/C=C\C/C=C\CCCCC(=O)OC[C@H](COP(=O)([O-])OCC[N+](C)(C)C)OC(=O)CCC[C@@H](O)[C@H](O)C/C=C\C/C=C\C/C=C\C/C=C\CC. The summed E-state index contributed by atoms with van der Waals surface area (Å²) in [5.74, 6) is -1.18. The Balaban J connectivity index is 4.73. The van der Waals surface area contributed by atoms with E-state index < -0.39 is 51.3 Å². The highest BCUT2D eigenvalue weighted by atomic mass is 31.2. The van der Waals surface area contributed by atoms with Crippen LogP contribution in [-0.2, 0) is 32.7 Å². The Morgan fingerprint density at radius 2 is 1.10 bits per heavy atom. The van der Waals surface area contributed by atoms with E-state index in [2.05, 4.69) is 92.8 Å². The van der Waals surface area contributed by atoms with Gasteiger partial charge in [-0.25, -0.2) is 0 Å². The number of carbonyl (C=O) groups is 2. The van der Waals surface area contributed by atoms with Gasteiger partial charge in [-0.15, -0.1) is 0 Å². The Kier molecular flexibility index (Phi) is 34.9. The van der Waals surface area contributed by atoms with Gasteiger partial charge in [0.1, 0.15) is 19.8 Å². The molecule has 1 unspecified atom stereocenters. The lowest BCUT2D eigenvalue weighted by molar-refractivity contribution is -0.870. The lowest BCUT2D eigenvalue weighted by Crippen LogP contribution is -2.37. The van der Waals surface area contributed by atoms with E-state index in [4.69, 9.17) is 18.5 Å². The van der Waals surface area contributed by atoms with Crippen molar-refractivity contribution in [3.8, 4) is 0 Å². The number of ether oxygens (including phenoxy) is 2. The molecule has 0 heterocycles. The molecular formula is C46H76NO10P. The molecule has 0 aromatic heterocycles. The summed E-state index contributed by atoms with van der Waals surface area (Å²) >= 11 is 0. The maximum Gasteiger partial charge on any atom is 0.306 e.